The predicted molar refractivity (Wildman–Crippen MR) is 151 cm³/mol. The van der Waals surface area contributed by atoms with E-state index in [1.807, 2.05) is 17.2 Å². The van der Waals surface area contributed by atoms with E-state index in [0.717, 1.165) is 37.7 Å². The number of ether oxygens (including phenoxy) is 1. The van der Waals surface area contributed by atoms with E-state index < -0.39 is 5.82 Å². The zero-order chi connectivity index (χ0) is 29.0. The molecule has 2 N–H and O–H groups in total. The molecule has 3 atom stereocenters. The number of aromatic amines is 1. The van der Waals surface area contributed by atoms with Crippen LogP contribution in [0.2, 0.25) is 0 Å². The van der Waals surface area contributed by atoms with Crippen molar-refractivity contribution in [1.29, 1.82) is 0 Å². The van der Waals surface area contributed by atoms with Crippen molar-refractivity contribution in [3.05, 3.63) is 54.0 Å². The third kappa shape index (κ3) is 4.58. The highest BCUT2D eigenvalue weighted by Gasteiger charge is 2.54. The van der Waals surface area contributed by atoms with Crippen LogP contribution in [0.5, 0.6) is 5.88 Å². The Bertz CT molecular complexity index is 1710. The fourth-order valence-electron chi connectivity index (χ4n) is 6.18. The van der Waals surface area contributed by atoms with Crippen molar-refractivity contribution < 1.29 is 18.7 Å². The van der Waals surface area contributed by atoms with E-state index in [4.69, 9.17) is 9.72 Å². The van der Waals surface area contributed by atoms with Gasteiger partial charge in [-0.2, -0.15) is 10.2 Å². The van der Waals surface area contributed by atoms with Crippen LogP contribution in [0, 0.1) is 17.7 Å². The molecule has 1 saturated heterocycles. The molecule has 1 aliphatic heterocycles. The van der Waals surface area contributed by atoms with Crippen LogP contribution >= 0.6 is 0 Å². The van der Waals surface area contributed by atoms with Gasteiger partial charge in [-0.1, -0.05) is 0 Å². The maximum absolute atomic E-state index is 14.4. The number of nitrogens with one attached hydrogen (secondary N) is 2. The topological polar surface area (TPSA) is 143 Å². The first-order valence-corrected chi connectivity index (χ1v) is 14.0. The third-order valence-corrected chi connectivity index (χ3v) is 8.78. The number of anilines is 1. The number of hydrogen-bond acceptors (Lipinski definition) is 8. The third-order valence-electron chi connectivity index (χ3n) is 8.78. The number of nitrogens with zero attached hydrogens (tertiary/aromatic N) is 7. The molecule has 3 fully saturated rings. The monoisotopic (exact) mass is 571 g/mol. The second-order valence-corrected chi connectivity index (χ2v) is 11.4. The number of aromatic nitrogens is 6. The summed E-state index contributed by atoms with van der Waals surface area (Å²) in [5.74, 6) is -0.0548. The Kier molecular flexibility index (Phi) is 6.24. The Labute approximate surface area is 240 Å². The summed E-state index contributed by atoms with van der Waals surface area (Å²) < 4.78 is 21.2. The van der Waals surface area contributed by atoms with Gasteiger partial charge in [0.2, 0.25) is 11.8 Å². The summed E-state index contributed by atoms with van der Waals surface area (Å²) in [6, 6.07) is 4.95. The first-order chi connectivity index (χ1) is 20.4. The summed E-state index contributed by atoms with van der Waals surface area (Å²) in [4.78, 5) is 41.5. The molecule has 2 aliphatic carbocycles. The fraction of sp³-hybridized carbons (Fsp3) is 0.414. The van der Waals surface area contributed by atoms with Gasteiger partial charge in [-0.25, -0.2) is 18.9 Å². The predicted octanol–water partition coefficient (Wildman–Crippen LogP) is 3.49. The van der Waals surface area contributed by atoms with Crippen molar-refractivity contribution in [2.45, 2.75) is 43.6 Å². The number of methoxy groups -OCH3 is 1. The Morgan fingerprint density at radius 1 is 1.31 bits per heavy atom. The quantitative estimate of drug-likeness (QED) is 0.308. The van der Waals surface area contributed by atoms with E-state index in [9.17, 15) is 14.0 Å². The van der Waals surface area contributed by atoms with Crippen LogP contribution in [0.3, 0.4) is 0 Å². The number of rotatable bonds is 8. The molecule has 0 unspecified atom stereocenters. The first kappa shape index (κ1) is 26.2. The number of carbonyl (C=O) groups excluding carboxylic acids is 2. The lowest BCUT2D eigenvalue weighted by atomic mass is 9.88. The van der Waals surface area contributed by atoms with Crippen LogP contribution in [-0.2, 0) is 4.79 Å². The first-order valence-electron chi connectivity index (χ1n) is 14.0. The lowest BCUT2D eigenvalue weighted by molar-refractivity contribution is -0.122. The number of halogens is 1. The van der Waals surface area contributed by atoms with Crippen molar-refractivity contribution in [2.24, 2.45) is 16.8 Å². The average Bonchev–Trinajstić information content (AvgIpc) is 3.84. The van der Waals surface area contributed by atoms with Crippen LogP contribution in [0.4, 0.5) is 10.1 Å². The van der Waals surface area contributed by atoms with E-state index in [0.29, 0.717) is 42.6 Å². The molecule has 0 bridgehead atoms. The summed E-state index contributed by atoms with van der Waals surface area (Å²) in [7, 11) is 1.44. The molecule has 4 aromatic rings. The number of likely N-dealkylation sites (tertiary alicyclic amines) is 1. The Hall–Kier alpha value is -4.68. The van der Waals surface area contributed by atoms with Gasteiger partial charge >= 0.3 is 0 Å². The number of aliphatic imine (C=N–C) groups is 1. The van der Waals surface area contributed by atoms with Gasteiger partial charge in [0.05, 0.1) is 25.2 Å². The Morgan fingerprint density at radius 3 is 2.95 bits per heavy atom. The minimum absolute atomic E-state index is 0.0958. The SMILES string of the molecule is C=NC[C@H]1C[C@@H]1c1ccn2ncc(NC(=O)[C@H]3CCN(C(=O)c4cc(-c5cc(OC)ncc5F)n[nH]4)C4(CC4)C3)c2n1. The highest BCUT2D eigenvalue weighted by molar-refractivity contribution is 5.97. The standard InChI is InChI=1S/C29H30FN9O3/c1-31-13-17-9-18(17)21-4-8-39-26(34-21)24(15-33-39)35-27(40)16-3-7-38(29(12-16)5-6-29)28(41)23-11-22(36-37-23)19-10-25(42-2)32-14-20(19)30/h4,8,10-11,14-18H,1,3,5-7,9,12-13H2,2H3,(H,35,40)(H,36,37)/t16-,17+,18-/m0/s1. The van der Waals surface area contributed by atoms with Gasteiger partial charge in [0.15, 0.2) is 11.5 Å². The molecule has 4 aromatic heterocycles. The highest BCUT2D eigenvalue weighted by Crippen LogP contribution is 2.51. The van der Waals surface area contributed by atoms with Gasteiger partial charge in [-0.15, -0.1) is 0 Å². The second-order valence-electron chi connectivity index (χ2n) is 11.4. The number of pyridine rings is 1. The lowest BCUT2D eigenvalue weighted by Crippen LogP contribution is -2.50. The molecule has 1 spiro atoms. The summed E-state index contributed by atoms with van der Waals surface area (Å²) >= 11 is 0. The molecule has 0 radical (unpaired) electrons. The Morgan fingerprint density at radius 2 is 2.17 bits per heavy atom. The maximum Gasteiger partial charge on any atom is 0.272 e. The largest absolute Gasteiger partial charge is 0.481 e. The molecule has 5 heterocycles. The molecular formula is C29H30FN9O3. The summed E-state index contributed by atoms with van der Waals surface area (Å²) in [5.41, 5.74) is 2.54. The number of hydrogen-bond donors (Lipinski definition) is 2. The molecule has 7 rings (SSSR count). The smallest absolute Gasteiger partial charge is 0.272 e. The van der Waals surface area contributed by atoms with E-state index in [1.54, 1.807) is 16.8 Å². The minimum Gasteiger partial charge on any atom is -0.481 e. The van der Waals surface area contributed by atoms with Crippen LogP contribution in [0.25, 0.3) is 16.9 Å². The van der Waals surface area contributed by atoms with Gasteiger partial charge < -0.3 is 19.9 Å². The van der Waals surface area contributed by atoms with Crippen LogP contribution in [-0.4, -0.2) is 78.9 Å². The van der Waals surface area contributed by atoms with Crippen LogP contribution in [0.15, 0.2) is 41.8 Å². The van der Waals surface area contributed by atoms with Crippen LogP contribution < -0.4 is 10.1 Å². The molecule has 12 nitrogen and oxygen atoms in total. The van der Waals surface area contributed by atoms with Gasteiger partial charge in [0, 0.05) is 54.0 Å². The Balaban J connectivity index is 1.03. The number of H-pyrrole nitrogens is 1. The number of carbonyl (C=O) groups is 2. The van der Waals surface area contributed by atoms with Crippen molar-refractivity contribution in [1.82, 2.24) is 34.7 Å². The highest BCUT2D eigenvalue weighted by atomic mass is 19.1. The van der Waals surface area contributed by atoms with Crippen LogP contribution in [0.1, 0.15) is 54.2 Å². The van der Waals surface area contributed by atoms with E-state index in [1.165, 1.54) is 13.2 Å². The van der Waals surface area contributed by atoms with Gasteiger partial charge in [-0.05, 0) is 56.9 Å². The van der Waals surface area contributed by atoms with E-state index in [2.05, 4.69) is 37.3 Å². The molecule has 3 aliphatic rings. The molecular weight excluding hydrogens is 541 g/mol. The summed E-state index contributed by atoms with van der Waals surface area (Å²) in [5, 5.41) is 14.3. The van der Waals surface area contributed by atoms with Gasteiger partial charge in [0.1, 0.15) is 11.4 Å². The van der Waals surface area contributed by atoms with Crippen molar-refractivity contribution in [2.75, 3.05) is 25.5 Å². The summed E-state index contributed by atoms with van der Waals surface area (Å²) in [6.07, 6.45) is 8.33. The van der Waals surface area contributed by atoms with Gasteiger partial charge in [0.25, 0.3) is 5.91 Å². The number of amides is 2. The fourth-order valence-corrected chi connectivity index (χ4v) is 6.18. The van der Waals surface area contributed by atoms with Gasteiger partial charge in [-0.3, -0.25) is 14.7 Å². The molecule has 216 valence electrons. The molecule has 13 heteroatoms. The van der Waals surface area contributed by atoms with Crippen molar-refractivity contribution in [3.63, 3.8) is 0 Å². The maximum atomic E-state index is 14.4. The van der Waals surface area contributed by atoms with E-state index in [-0.39, 0.29) is 46.1 Å². The molecule has 0 aromatic carbocycles. The van der Waals surface area contributed by atoms with Crippen molar-refractivity contribution in [3.8, 4) is 17.1 Å². The normalized spacial score (nSPS) is 22.2. The zero-order valence-corrected chi connectivity index (χ0v) is 23.1. The summed E-state index contributed by atoms with van der Waals surface area (Å²) in [6.45, 7) is 4.75. The minimum atomic E-state index is -0.564. The molecule has 2 saturated carbocycles. The molecule has 42 heavy (non-hydrogen) atoms. The van der Waals surface area contributed by atoms with E-state index >= 15 is 0 Å². The number of fused-ring (bicyclic) bond motifs is 1. The average molecular weight is 572 g/mol. The number of piperidine rings is 1. The second kappa shape index (κ2) is 10.00. The molecule has 2 amide bonds. The lowest BCUT2D eigenvalue weighted by Gasteiger charge is -2.39. The van der Waals surface area contributed by atoms with Crippen molar-refractivity contribution >= 4 is 29.9 Å². The zero-order valence-electron chi connectivity index (χ0n) is 23.1.